The second kappa shape index (κ2) is 10.7. The van der Waals surface area contributed by atoms with E-state index in [2.05, 4.69) is 91.0 Å². The number of benzene rings is 6. The van der Waals surface area contributed by atoms with Gasteiger partial charge in [-0.25, -0.2) is 19.9 Å². The van der Waals surface area contributed by atoms with Crippen molar-refractivity contribution >= 4 is 64.2 Å². The molecule has 224 valence electrons. The third kappa shape index (κ3) is 4.31. The van der Waals surface area contributed by atoms with Gasteiger partial charge in [-0.05, 0) is 58.3 Å². The van der Waals surface area contributed by atoms with Crippen LogP contribution in [0.25, 0.3) is 97.9 Å². The average molecular weight is 633 g/mol. The molecule has 0 saturated heterocycles. The first-order valence-electron chi connectivity index (χ1n) is 15.8. The number of nitrogens with zero attached hydrogens (tertiary/aromatic N) is 4. The molecule has 0 amide bonds. The van der Waals surface area contributed by atoms with E-state index in [-0.39, 0.29) is 0 Å². The number of aromatic nitrogens is 4. The van der Waals surface area contributed by atoms with E-state index in [4.69, 9.17) is 24.4 Å². The van der Waals surface area contributed by atoms with Crippen molar-refractivity contribution in [1.82, 2.24) is 19.9 Å². The molecule has 4 aromatic heterocycles. The van der Waals surface area contributed by atoms with Crippen molar-refractivity contribution in [3.63, 3.8) is 0 Å². The number of thiophene rings is 1. The lowest BCUT2D eigenvalue weighted by molar-refractivity contribution is 0.669. The van der Waals surface area contributed by atoms with E-state index in [0.29, 0.717) is 5.82 Å². The van der Waals surface area contributed by atoms with Crippen molar-refractivity contribution in [3.8, 4) is 45.0 Å². The summed E-state index contributed by atoms with van der Waals surface area (Å²) in [5.74, 6) is 1.37. The maximum Gasteiger partial charge on any atom is 0.162 e. The number of fused-ring (bicyclic) bond motifs is 7. The molecule has 0 spiro atoms. The molecule has 0 aliphatic carbocycles. The highest BCUT2D eigenvalue weighted by Gasteiger charge is 2.15. The third-order valence-corrected chi connectivity index (χ3v) is 10.3. The Bertz CT molecular complexity index is 2640. The first-order chi connectivity index (χ1) is 23.8. The van der Waals surface area contributed by atoms with Crippen LogP contribution >= 0.6 is 11.3 Å². The van der Waals surface area contributed by atoms with Crippen LogP contribution in [-0.2, 0) is 0 Å². The van der Waals surface area contributed by atoms with Crippen LogP contribution in [0.4, 0.5) is 0 Å². The van der Waals surface area contributed by atoms with Crippen LogP contribution < -0.4 is 0 Å². The van der Waals surface area contributed by atoms with Crippen molar-refractivity contribution in [1.29, 1.82) is 0 Å². The predicted molar refractivity (Wildman–Crippen MR) is 197 cm³/mol. The monoisotopic (exact) mass is 632 g/mol. The Balaban J connectivity index is 0.964. The van der Waals surface area contributed by atoms with Crippen molar-refractivity contribution in [2.75, 3.05) is 0 Å². The fraction of sp³-hybridized carbons (Fsp3) is 0. The largest absolute Gasteiger partial charge is 0.455 e. The van der Waals surface area contributed by atoms with E-state index in [9.17, 15) is 0 Å². The molecule has 6 aromatic carbocycles. The molecule has 0 radical (unpaired) electrons. The summed E-state index contributed by atoms with van der Waals surface area (Å²) in [7, 11) is 0. The lowest BCUT2D eigenvalue weighted by Crippen LogP contribution is -1.91. The minimum atomic E-state index is 0.638. The zero-order valence-corrected chi connectivity index (χ0v) is 26.3. The van der Waals surface area contributed by atoms with Gasteiger partial charge in [0.2, 0.25) is 0 Å². The van der Waals surface area contributed by atoms with Gasteiger partial charge in [-0.1, -0.05) is 84.9 Å². The lowest BCUT2D eigenvalue weighted by Gasteiger charge is -2.08. The van der Waals surface area contributed by atoms with Gasteiger partial charge in [0.15, 0.2) is 11.6 Å². The number of hydrogen-bond acceptors (Lipinski definition) is 6. The number of furan rings is 1. The molecular formula is C42H24N4OS. The van der Waals surface area contributed by atoms with E-state index < -0.39 is 0 Å². The molecule has 5 nitrogen and oxygen atoms in total. The van der Waals surface area contributed by atoms with Crippen LogP contribution in [0.2, 0.25) is 0 Å². The Morgan fingerprint density at radius 3 is 1.75 bits per heavy atom. The quantitative estimate of drug-likeness (QED) is 0.193. The highest BCUT2D eigenvalue weighted by Crippen LogP contribution is 2.39. The molecule has 6 heteroatoms. The molecule has 48 heavy (non-hydrogen) atoms. The van der Waals surface area contributed by atoms with Gasteiger partial charge < -0.3 is 4.42 Å². The highest BCUT2D eigenvalue weighted by molar-refractivity contribution is 7.26. The number of hydrogen-bond donors (Lipinski definition) is 0. The minimum Gasteiger partial charge on any atom is -0.455 e. The summed E-state index contributed by atoms with van der Waals surface area (Å²) in [4.78, 5) is 19.2. The van der Waals surface area contributed by atoms with E-state index in [0.717, 1.165) is 71.9 Å². The predicted octanol–water partition coefficient (Wildman–Crippen LogP) is 11.4. The third-order valence-electron chi connectivity index (χ3n) is 9.10. The van der Waals surface area contributed by atoms with Crippen LogP contribution in [0, 0.1) is 0 Å². The van der Waals surface area contributed by atoms with Crippen LogP contribution in [0.1, 0.15) is 0 Å². The molecule has 0 N–H and O–H groups in total. The van der Waals surface area contributed by atoms with Gasteiger partial charge in [-0.15, -0.1) is 11.3 Å². The summed E-state index contributed by atoms with van der Waals surface area (Å²) < 4.78 is 8.71. The first-order valence-corrected chi connectivity index (χ1v) is 16.6. The molecule has 0 bridgehead atoms. The summed E-state index contributed by atoms with van der Waals surface area (Å²) in [6.07, 6.45) is 7.63. The average Bonchev–Trinajstić information content (AvgIpc) is 3.73. The number of para-hydroxylation sites is 2. The van der Waals surface area contributed by atoms with Crippen molar-refractivity contribution in [2.24, 2.45) is 0 Å². The van der Waals surface area contributed by atoms with E-state index in [1.165, 1.54) is 20.2 Å². The lowest BCUT2D eigenvalue weighted by atomic mass is 9.99. The fourth-order valence-electron chi connectivity index (χ4n) is 6.68. The Labute approximate surface area is 278 Å². The molecule has 0 aliphatic heterocycles. The Hall–Kier alpha value is -6.24. The van der Waals surface area contributed by atoms with Gasteiger partial charge in [-0.2, -0.15) is 0 Å². The summed E-state index contributed by atoms with van der Waals surface area (Å²) in [6.45, 7) is 0. The van der Waals surface area contributed by atoms with Crippen LogP contribution in [0.5, 0.6) is 0 Å². The van der Waals surface area contributed by atoms with Gasteiger partial charge in [0.1, 0.15) is 11.2 Å². The molecule has 0 saturated carbocycles. The summed E-state index contributed by atoms with van der Waals surface area (Å²) in [6, 6.07) is 42.0. The maximum absolute atomic E-state index is 6.22. The molecule has 0 unspecified atom stereocenters. The first kappa shape index (κ1) is 26.9. The van der Waals surface area contributed by atoms with Gasteiger partial charge in [0.25, 0.3) is 0 Å². The van der Waals surface area contributed by atoms with E-state index in [1.807, 2.05) is 55.1 Å². The van der Waals surface area contributed by atoms with E-state index >= 15 is 0 Å². The number of rotatable bonds is 4. The zero-order chi connectivity index (χ0) is 31.6. The highest BCUT2D eigenvalue weighted by atomic mass is 32.1. The SMILES string of the molecule is c1ccc2c(c1)oc1c(-c3ncc(-c4ccc5ccc(-c6cnc(-c7cccc8c7sc7ccccc78)nc6)cc5c4)cn3)cccc12. The summed E-state index contributed by atoms with van der Waals surface area (Å²) in [5, 5.41) is 6.96. The smallest absolute Gasteiger partial charge is 0.162 e. The Kier molecular flexibility index (Phi) is 5.98. The molecule has 0 fully saturated rings. The molecule has 10 rings (SSSR count). The Morgan fingerprint density at radius 1 is 0.438 bits per heavy atom. The molecule has 0 atom stereocenters. The van der Waals surface area contributed by atoms with Gasteiger partial charge in [0.05, 0.1) is 5.56 Å². The molecule has 4 heterocycles. The van der Waals surface area contributed by atoms with Gasteiger partial charge in [0, 0.05) is 72.4 Å². The second-order valence-electron chi connectivity index (χ2n) is 11.9. The maximum atomic E-state index is 6.22. The van der Waals surface area contributed by atoms with Crippen molar-refractivity contribution in [2.45, 2.75) is 0 Å². The summed E-state index contributed by atoms with van der Waals surface area (Å²) in [5.41, 5.74) is 7.65. The molecular weight excluding hydrogens is 609 g/mol. The summed E-state index contributed by atoms with van der Waals surface area (Å²) >= 11 is 1.79. The van der Waals surface area contributed by atoms with Crippen LogP contribution in [0.3, 0.4) is 0 Å². The van der Waals surface area contributed by atoms with E-state index in [1.54, 1.807) is 11.3 Å². The van der Waals surface area contributed by atoms with Crippen LogP contribution in [0.15, 0.2) is 151 Å². The standard InChI is InChI=1S/C42H24N4OS/c1-3-13-37-31(7-1)33-9-5-11-35(39(33)47-37)41-43-21-29(22-44-41)26-17-15-25-16-18-27(20-28(25)19-26)30-23-45-42(46-24-30)36-12-6-10-34-32-8-2-4-14-38(32)48-40(34)36/h1-24H. The second-order valence-corrected chi connectivity index (χ2v) is 13.0. The fourth-order valence-corrected chi connectivity index (χ4v) is 7.90. The van der Waals surface area contributed by atoms with Gasteiger partial charge in [-0.3, -0.25) is 0 Å². The van der Waals surface area contributed by atoms with Crippen molar-refractivity contribution < 1.29 is 4.42 Å². The van der Waals surface area contributed by atoms with Crippen LogP contribution in [-0.4, -0.2) is 19.9 Å². The zero-order valence-electron chi connectivity index (χ0n) is 25.5. The van der Waals surface area contributed by atoms with Gasteiger partial charge >= 0.3 is 0 Å². The minimum absolute atomic E-state index is 0.638. The Morgan fingerprint density at radius 2 is 1.02 bits per heavy atom. The van der Waals surface area contributed by atoms with Crippen molar-refractivity contribution in [3.05, 3.63) is 146 Å². The normalized spacial score (nSPS) is 11.8. The molecule has 0 aliphatic rings. The topological polar surface area (TPSA) is 64.7 Å². The molecule has 10 aromatic rings.